The van der Waals surface area contributed by atoms with Crippen molar-refractivity contribution in [1.82, 2.24) is 0 Å². The molecule has 4 aliphatic heterocycles. The van der Waals surface area contributed by atoms with Crippen LogP contribution in [0.15, 0.2) is 291 Å². The van der Waals surface area contributed by atoms with Crippen molar-refractivity contribution in [2.45, 2.75) is 157 Å². The zero-order valence-corrected chi connectivity index (χ0v) is 70.8. The van der Waals surface area contributed by atoms with Crippen LogP contribution in [-0.2, 0) is 32.5 Å². The minimum absolute atomic E-state index is 0.134. The van der Waals surface area contributed by atoms with Crippen molar-refractivity contribution in [3.8, 4) is 89.0 Å². The molecule has 4 heterocycles. The second-order valence-corrected chi connectivity index (χ2v) is 40.0. The molecule has 4 heteroatoms. The highest BCUT2D eigenvalue weighted by molar-refractivity contribution is 7.02. The van der Waals surface area contributed by atoms with Gasteiger partial charge in [-0.2, -0.15) is 0 Å². The van der Waals surface area contributed by atoms with Crippen LogP contribution in [0.2, 0.25) is 0 Å². The van der Waals surface area contributed by atoms with Crippen LogP contribution in [0, 0.1) is 0 Å². The van der Waals surface area contributed by atoms with Crippen molar-refractivity contribution in [2.24, 2.45) is 0 Å². The lowest BCUT2D eigenvalue weighted by Crippen LogP contribution is -2.60. The van der Waals surface area contributed by atoms with Gasteiger partial charge in [0.1, 0.15) is 0 Å². The van der Waals surface area contributed by atoms with E-state index in [9.17, 15) is 0 Å². The third-order valence-electron chi connectivity index (χ3n) is 26.1. The van der Waals surface area contributed by atoms with Crippen LogP contribution in [0.25, 0.3) is 121 Å². The summed E-state index contributed by atoms with van der Waals surface area (Å²) in [4.78, 5) is 5.26. The Morgan fingerprint density at radius 2 is 0.491 bits per heavy atom. The molecule has 0 atom stereocenters. The Bertz CT molecular complexity index is 6230. The molecule has 0 aliphatic carbocycles. The molecule has 0 aromatic heterocycles. The van der Waals surface area contributed by atoms with Gasteiger partial charge in [-0.1, -0.05) is 354 Å². The van der Waals surface area contributed by atoms with Gasteiger partial charge in [-0.15, -0.1) is 0 Å². The van der Waals surface area contributed by atoms with Crippen molar-refractivity contribution >= 4 is 113 Å². The normalized spacial score (nSPS) is 13.7. The fourth-order valence-corrected chi connectivity index (χ4v) is 20.5. The molecule has 0 N–H and O–H groups in total. The van der Waals surface area contributed by atoms with Crippen LogP contribution in [0.5, 0.6) is 0 Å². The standard InChI is InChI=1S/C112H102B2N2/c1-107(2,3)75-59-87(109(7,8)9)99(88(60-75)110(10,11)12)79-63-81-85-53-73(69-41-29-21-30-42-69)57-97-105(85)114(92-52-50-72(68-39-27-20-28-40-68)56-96(92)115(97)77-45-33-23-34-46-77)94-66-84-80(100-89(111(13,14)15)61-76(108(4,5)6)62-90(100)112(16,17)18)64-82-86-54-74(70-43-31-22-32-44-70)58-98-106(86)113(93-65-83(79)103(101(81)94)104(84)102(82)93)91-51-49-71(67-37-25-19-26-38-67)55-95(91)116(98)78-47-35-24-36-48-78/h19-66H,1-18H3. The van der Waals surface area contributed by atoms with Gasteiger partial charge >= 0.3 is 0 Å². The van der Waals surface area contributed by atoms with Crippen LogP contribution in [0.3, 0.4) is 0 Å². The smallest absolute Gasteiger partial charge is 0.248 e. The molecule has 16 aromatic rings. The Hall–Kier alpha value is -11.7. The maximum absolute atomic E-state index is 2.80. The van der Waals surface area contributed by atoms with Crippen molar-refractivity contribution < 1.29 is 0 Å². The summed E-state index contributed by atoms with van der Waals surface area (Å²) in [5, 5.41) is 8.00. The number of para-hydroxylation sites is 2. The number of hydrogen-bond acceptors (Lipinski definition) is 2. The monoisotopic (exact) mass is 1500 g/mol. The fourth-order valence-electron chi connectivity index (χ4n) is 20.5. The fraction of sp³-hybridized carbons (Fsp3) is 0.214. The zero-order chi connectivity index (χ0) is 80.3. The van der Waals surface area contributed by atoms with E-state index in [1.807, 2.05) is 0 Å². The summed E-state index contributed by atoms with van der Waals surface area (Å²) >= 11 is 0. The van der Waals surface area contributed by atoms with Gasteiger partial charge in [0.05, 0.1) is 0 Å². The van der Waals surface area contributed by atoms with E-state index in [-0.39, 0.29) is 45.9 Å². The summed E-state index contributed by atoms with van der Waals surface area (Å²) in [6, 6.07) is 114. The van der Waals surface area contributed by atoms with E-state index < -0.39 is 0 Å². The molecular formula is C112H102B2N2. The van der Waals surface area contributed by atoms with Crippen LogP contribution in [-0.4, -0.2) is 13.4 Å². The SMILES string of the molecule is CC(C)(C)c1cc(C(C)(C)C)c(-c2cc3c4c(cc5c(-c6c(C(C)(C)C)cc(C(C)(C)C)cc6C(C)(C)C)cc6c7c(cc2c4c57)B2c4ccc(-c5ccccc5)cc4N(c4ccccc4)c4cc(-c5ccccc5)cc-6c42)B2c4ccc(-c5ccccc5)cc4N(c4ccccc4)c4cc(-c5ccccc5)cc-3c42)c(C(C)(C)C)c1. The number of fused-ring (bicyclic) bond motifs is 8. The van der Waals surface area contributed by atoms with Crippen LogP contribution in [0.1, 0.15) is 158 Å². The molecule has 0 amide bonds. The molecule has 20 rings (SSSR count). The van der Waals surface area contributed by atoms with Gasteiger partial charge in [0.2, 0.25) is 13.4 Å². The van der Waals surface area contributed by atoms with Crippen LogP contribution < -0.4 is 42.6 Å². The number of anilines is 6. The molecule has 0 unspecified atom stereocenters. The van der Waals surface area contributed by atoms with E-state index in [2.05, 4.69) is 426 Å². The lowest BCUT2D eigenvalue weighted by molar-refractivity contribution is 0.550. The van der Waals surface area contributed by atoms with Gasteiger partial charge in [-0.3, -0.25) is 0 Å². The minimum atomic E-state index is -0.288. The number of benzene rings is 16. The molecule has 116 heavy (non-hydrogen) atoms. The first-order valence-corrected chi connectivity index (χ1v) is 42.2. The zero-order valence-electron chi connectivity index (χ0n) is 70.8. The average Bonchev–Trinajstić information content (AvgIpc) is 0.659. The third-order valence-corrected chi connectivity index (χ3v) is 26.1. The van der Waals surface area contributed by atoms with E-state index in [4.69, 9.17) is 0 Å². The molecule has 2 nitrogen and oxygen atoms in total. The van der Waals surface area contributed by atoms with E-state index in [0.717, 1.165) is 11.4 Å². The first-order valence-electron chi connectivity index (χ1n) is 42.2. The Kier molecular flexibility index (Phi) is 16.3. The highest BCUT2D eigenvalue weighted by Gasteiger charge is 2.48. The van der Waals surface area contributed by atoms with Gasteiger partial charge in [0, 0.05) is 34.1 Å². The predicted octanol–water partition coefficient (Wildman–Crippen LogP) is 26.9. The van der Waals surface area contributed by atoms with E-state index in [1.54, 1.807) is 0 Å². The van der Waals surface area contributed by atoms with E-state index in [0.29, 0.717) is 0 Å². The van der Waals surface area contributed by atoms with Crippen molar-refractivity contribution in [3.05, 3.63) is 325 Å². The van der Waals surface area contributed by atoms with Crippen molar-refractivity contribution in [3.63, 3.8) is 0 Å². The molecule has 0 fully saturated rings. The molecule has 0 bridgehead atoms. The Labute approximate surface area is 688 Å². The molecule has 16 aromatic carbocycles. The second kappa shape index (κ2) is 25.9. The van der Waals surface area contributed by atoms with Gasteiger partial charge in [0.25, 0.3) is 0 Å². The van der Waals surface area contributed by atoms with Gasteiger partial charge in [-0.05, 0) is 282 Å². The summed E-state index contributed by atoms with van der Waals surface area (Å²) in [7, 11) is 0. The number of hydrogen-bond donors (Lipinski definition) is 0. The van der Waals surface area contributed by atoms with Gasteiger partial charge in [-0.25, -0.2) is 0 Å². The topological polar surface area (TPSA) is 6.48 Å². The maximum atomic E-state index is 2.80. The summed E-state index contributed by atoms with van der Waals surface area (Å²) in [5.41, 5.74) is 41.8. The van der Waals surface area contributed by atoms with Gasteiger partial charge < -0.3 is 9.80 Å². The first kappa shape index (κ1) is 73.2. The van der Waals surface area contributed by atoms with E-state index in [1.165, 1.54) is 210 Å². The number of rotatable bonds is 8. The molecule has 0 saturated carbocycles. The predicted molar refractivity (Wildman–Crippen MR) is 505 cm³/mol. The van der Waals surface area contributed by atoms with Gasteiger partial charge in [0.15, 0.2) is 0 Å². The Morgan fingerprint density at radius 3 is 0.784 bits per heavy atom. The largest absolute Gasteiger partial charge is 0.311 e. The van der Waals surface area contributed by atoms with E-state index >= 15 is 0 Å². The molecule has 0 radical (unpaired) electrons. The summed E-state index contributed by atoms with van der Waals surface area (Å²) in [5.74, 6) is 0. The van der Waals surface area contributed by atoms with Crippen LogP contribution in [0.4, 0.5) is 34.1 Å². The summed E-state index contributed by atoms with van der Waals surface area (Å²) < 4.78 is 0. The number of nitrogens with zero attached hydrogens (tertiary/aromatic N) is 2. The molecular weight excluding hydrogens is 1390 g/mol. The maximum Gasteiger partial charge on any atom is 0.248 e. The highest BCUT2D eigenvalue weighted by Crippen LogP contribution is 2.58. The minimum Gasteiger partial charge on any atom is -0.311 e. The quantitative estimate of drug-likeness (QED) is 0.111. The molecule has 4 aliphatic rings. The lowest BCUT2D eigenvalue weighted by Gasteiger charge is -2.43. The molecule has 0 spiro atoms. The molecule has 566 valence electrons. The van der Waals surface area contributed by atoms with Crippen molar-refractivity contribution in [1.29, 1.82) is 0 Å². The van der Waals surface area contributed by atoms with Crippen molar-refractivity contribution in [2.75, 3.05) is 9.80 Å². The Morgan fingerprint density at radius 1 is 0.207 bits per heavy atom. The lowest BCUT2D eigenvalue weighted by atomic mass is 9.31. The first-order chi connectivity index (χ1) is 55.4. The summed E-state index contributed by atoms with van der Waals surface area (Å²) in [6.45, 7) is 43.8. The summed E-state index contributed by atoms with van der Waals surface area (Å²) in [6.07, 6.45) is 0. The molecule has 0 saturated heterocycles. The Balaban J connectivity index is 1.06. The highest BCUT2D eigenvalue weighted by atomic mass is 15.2. The third kappa shape index (κ3) is 11.5. The second-order valence-electron chi connectivity index (χ2n) is 40.0. The average molecular weight is 1500 g/mol. The van der Waals surface area contributed by atoms with Crippen LogP contribution >= 0.6 is 0 Å².